The van der Waals surface area contributed by atoms with Gasteiger partial charge >= 0.3 is 0 Å². The molecular formula is C22H33FN6O2. The SMILES string of the molecule is CCNC(=NCCc1c[nH]c2ccc(F)cc12)N1CCN(CC(=O)NCCOC)CC1. The Balaban J connectivity index is 1.50. The van der Waals surface area contributed by atoms with Gasteiger partial charge in [0.05, 0.1) is 13.2 Å². The van der Waals surface area contributed by atoms with Crippen LogP contribution in [0.2, 0.25) is 0 Å². The number of guanidine groups is 1. The van der Waals surface area contributed by atoms with Crippen LogP contribution in [0.25, 0.3) is 10.9 Å². The zero-order valence-electron chi connectivity index (χ0n) is 18.4. The minimum Gasteiger partial charge on any atom is -0.383 e. The van der Waals surface area contributed by atoms with Crippen molar-refractivity contribution in [2.45, 2.75) is 13.3 Å². The van der Waals surface area contributed by atoms with Gasteiger partial charge in [0.1, 0.15) is 5.82 Å². The van der Waals surface area contributed by atoms with Gasteiger partial charge < -0.3 is 25.3 Å². The van der Waals surface area contributed by atoms with E-state index >= 15 is 0 Å². The lowest BCUT2D eigenvalue weighted by molar-refractivity contribution is -0.122. The van der Waals surface area contributed by atoms with Gasteiger partial charge in [-0.25, -0.2) is 4.39 Å². The summed E-state index contributed by atoms with van der Waals surface area (Å²) in [7, 11) is 1.62. The van der Waals surface area contributed by atoms with Crippen molar-refractivity contribution >= 4 is 22.8 Å². The molecular weight excluding hydrogens is 399 g/mol. The number of nitrogens with zero attached hydrogens (tertiary/aromatic N) is 3. The quantitative estimate of drug-likeness (QED) is 0.315. The number of amides is 1. The Hall–Kier alpha value is -2.65. The summed E-state index contributed by atoms with van der Waals surface area (Å²) in [4.78, 5) is 24.4. The zero-order chi connectivity index (χ0) is 22.1. The van der Waals surface area contributed by atoms with Crippen molar-refractivity contribution in [3.05, 3.63) is 35.8 Å². The van der Waals surface area contributed by atoms with Crippen molar-refractivity contribution in [2.24, 2.45) is 4.99 Å². The number of benzene rings is 1. The number of H-pyrrole nitrogens is 1. The number of ether oxygens (including phenoxy) is 1. The lowest BCUT2D eigenvalue weighted by Crippen LogP contribution is -2.54. The largest absolute Gasteiger partial charge is 0.383 e. The van der Waals surface area contributed by atoms with Gasteiger partial charge in [0.2, 0.25) is 5.91 Å². The van der Waals surface area contributed by atoms with Crippen molar-refractivity contribution in [1.29, 1.82) is 0 Å². The number of aliphatic imine (C=N–C) groups is 1. The maximum absolute atomic E-state index is 13.6. The fourth-order valence-corrected chi connectivity index (χ4v) is 3.73. The molecule has 9 heteroatoms. The molecule has 0 radical (unpaired) electrons. The first-order valence-corrected chi connectivity index (χ1v) is 10.9. The van der Waals surface area contributed by atoms with Crippen LogP contribution in [-0.4, -0.2) is 92.7 Å². The first kappa shape index (κ1) is 23.0. The van der Waals surface area contributed by atoms with Crippen molar-refractivity contribution < 1.29 is 13.9 Å². The summed E-state index contributed by atoms with van der Waals surface area (Å²) in [6.07, 6.45) is 2.67. The van der Waals surface area contributed by atoms with Crippen molar-refractivity contribution in [1.82, 2.24) is 25.4 Å². The van der Waals surface area contributed by atoms with Crippen molar-refractivity contribution in [3.8, 4) is 0 Å². The van der Waals surface area contributed by atoms with Gasteiger partial charge in [-0.2, -0.15) is 0 Å². The lowest BCUT2D eigenvalue weighted by Gasteiger charge is -2.36. The number of aromatic nitrogens is 1. The number of rotatable bonds is 9. The van der Waals surface area contributed by atoms with E-state index in [0.29, 0.717) is 26.2 Å². The monoisotopic (exact) mass is 432 g/mol. The summed E-state index contributed by atoms with van der Waals surface area (Å²) in [6.45, 7) is 8.18. The molecule has 0 spiro atoms. The molecule has 1 saturated heterocycles. The number of hydrogen-bond donors (Lipinski definition) is 3. The molecule has 1 aromatic heterocycles. The minimum atomic E-state index is -0.226. The van der Waals surface area contributed by atoms with E-state index in [-0.39, 0.29) is 11.7 Å². The van der Waals surface area contributed by atoms with E-state index in [2.05, 4.69) is 32.3 Å². The minimum absolute atomic E-state index is 0.0289. The second kappa shape index (κ2) is 11.7. The summed E-state index contributed by atoms with van der Waals surface area (Å²) in [5, 5.41) is 7.14. The Morgan fingerprint density at radius 1 is 1.26 bits per heavy atom. The number of aromatic amines is 1. The highest BCUT2D eigenvalue weighted by Crippen LogP contribution is 2.19. The van der Waals surface area contributed by atoms with Crippen molar-refractivity contribution in [2.75, 3.05) is 66.1 Å². The molecule has 0 atom stereocenters. The Kier molecular flexibility index (Phi) is 8.66. The molecule has 2 heterocycles. The van der Waals surface area contributed by atoms with Crippen LogP contribution in [0.1, 0.15) is 12.5 Å². The Morgan fingerprint density at radius 3 is 2.81 bits per heavy atom. The predicted molar refractivity (Wildman–Crippen MR) is 121 cm³/mol. The molecule has 1 fully saturated rings. The number of carbonyl (C=O) groups is 1. The van der Waals surface area contributed by atoms with Gasteiger partial charge in [-0.3, -0.25) is 14.7 Å². The third-order valence-corrected chi connectivity index (χ3v) is 5.37. The summed E-state index contributed by atoms with van der Waals surface area (Å²) < 4.78 is 18.5. The third kappa shape index (κ3) is 6.67. The smallest absolute Gasteiger partial charge is 0.234 e. The number of piperazine rings is 1. The molecule has 1 aromatic carbocycles. The molecule has 1 amide bonds. The molecule has 0 aliphatic carbocycles. The Morgan fingerprint density at radius 2 is 2.06 bits per heavy atom. The second-order valence-electron chi connectivity index (χ2n) is 7.60. The highest BCUT2D eigenvalue weighted by molar-refractivity contribution is 5.83. The number of carbonyl (C=O) groups excluding carboxylic acids is 1. The predicted octanol–water partition coefficient (Wildman–Crippen LogP) is 1.20. The van der Waals surface area contributed by atoms with Crippen LogP contribution in [-0.2, 0) is 16.0 Å². The number of fused-ring (bicyclic) bond motifs is 1. The molecule has 3 N–H and O–H groups in total. The summed E-state index contributed by atoms with van der Waals surface area (Å²) in [6, 6.07) is 4.80. The van der Waals surface area contributed by atoms with Gasteiger partial charge in [-0.05, 0) is 37.1 Å². The van der Waals surface area contributed by atoms with Crippen LogP contribution >= 0.6 is 0 Å². The number of nitrogens with one attached hydrogen (secondary N) is 3. The molecule has 3 rings (SSSR count). The topological polar surface area (TPSA) is 85.0 Å². The molecule has 31 heavy (non-hydrogen) atoms. The van der Waals surface area contributed by atoms with E-state index < -0.39 is 0 Å². The molecule has 1 aliphatic rings. The zero-order valence-corrected chi connectivity index (χ0v) is 18.4. The van der Waals surface area contributed by atoms with Crippen LogP contribution in [0.4, 0.5) is 4.39 Å². The average Bonchev–Trinajstić information content (AvgIpc) is 3.16. The number of halogens is 1. The Bertz CT molecular complexity index is 876. The first-order valence-electron chi connectivity index (χ1n) is 10.9. The van der Waals surface area contributed by atoms with E-state index in [1.807, 2.05) is 6.20 Å². The molecule has 8 nitrogen and oxygen atoms in total. The van der Waals surface area contributed by atoms with E-state index in [9.17, 15) is 9.18 Å². The molecule has 2 aromatic rings. The Labute approximate surface area is 182 Å². The first-order chi connectivity index (χ1) is 15.1. The second-order valence-corrected chi connectivity index (χ2v) is 7.60. The van der Waals surface area contributed by atoms with E-state index in [1.54, 1.807) is 19.2 Å². The van der Waals surface area contributed by atoms with Gasteiger partial charge in [-0.15, -0.1) is 0 Å². The normalized spacial score (nSPS) is 15.5. The summed E-state index contributed by atoms with van der Waals surface area (Å²) in [5.74, 6) is 0.689. The lowest BCUT2D eigenvalue weighted by atomic mass is 10.1. The molecule has 170 valence electrons. The summed E-state index contributed by atoms with van der Waals surface area (Å²) >= 11 is 0. The number of methoxy groups -OCH3 is 1. The van der Waals surface area contributed by atoms with E-state index in [1.165, 1.54) is 6.07 Å². The molecule has 1 aliphatic heterocycles. The van der Waals surface area contributed by atoms with Gasteiger partial charge in [0.25, 0.3) is 0 Å². The highest BCUT2D eigenvalue weighted by atomic mass is 19.1. The van der Waals surface area contributed by atoms with E-state index in [4.69, 9.17) is 9.73 Å². The van der Waals surface area contributed by atoms with Crippen LogP contribution in [0.3, 0.4) is 0 Å². The molecule has 0 unspecified atom stereocenters. The highest BCUT2D eigenvalue weighted by Gasteiger charge is 2.21. The standard InChI is InChI=1S/C22H33FN6O2/c1-3-24-22(26-7-6-17-15-27-20-5-4-18(23)14-19(17)20)29-11-9-28(10-12-29)16-21(30)25-8-13-31-2/h4-5,14-15,27H,3,6-13,16H2,1-2H3,(H,24,26)(H,25,30). The van der Waals surface area contributed by atoms with Crippen LogP contribution in [0.15, 0.2) is 29.4 Å². The summed E-state index contributed by atoms with van der Waals surface area (Å²) in [5.41, 5.74) is 2.01. The maximum Gasteiger partial charge on any atom is 0.234 e. The molecule has 0 saturated carbocycles. The van der Waals surface area contributed by atoms with Crippen LogP contribution in [0.5, 0.6) is 0 Å². The fraction of sp³-hybridized carbons (Fsp3) is 0.545. The van der Waals surface area contributed by atoms with Gasteiger partial charge in [-0.1, -0.05) is 0 Å². The van der Waals surface area contributed by atoms with E-state index in [0.717, 1.165) is 61.6 Å². The number of hydrogen-bond acceptors (Lipinski definition) is 4. The third-order valence-electron chi connectivity index (χ3n) is 5.37. The van der Waals surface area contributed by atoms with Crippen LogP contribution in [0, 0.1) is 5.82 Å². The van der Waals surface area contributed by atoms with Gasteiger partial charge in [0.15, 0.2) is 5.96 Å². The maximum atomic E-state index is 13.6. The molecule has 0 bridgehead atoms. The van der Waals surface area contributed by atoms with Crippen LogP contribution < -0.4 is 10.6 Å². The van der Waals surface area contributed by atoms with Crippen molar-refractivity contribution in [3.63, 3.8) is 0 Å². The van der Waals surface area contributed by atoms with Gasteiger partial charge in [0, 0.05) is 70.0 Å². The fourth-order valence-electron chi connectivity index (χ4n) is 3.73. The average molecular weight is 433 g/mol.